The molecule has 2 nitrogen and oxygen atoms in total. The van der Waals surface area contributed by atoms with Crippen molar-refractivity contribution in [2.75, 3.05) is 18.0 Å². The number of anilines is 1. The summed E-state index contributed by atoms with van der Waals surface area (Å²) in [5.41, 5.74) is 7.58. The van der Waals surface area contributed by atoms with Gasteiger partial charge >= 0.3 is 0 Å². The van der Waals surface area contributed by atoms with Crippen LogP contribution in [0.1, 0.15) is 18.5 Å². The molecule has 2 aromatic carbocycles. The molecule has 2 N–H and O–H groups in total. The van der Waals surface area contributed by atoms with Crippen LogP contribution in [-0.2, 0) is 0 Å². The minimum absolute atomic E-state index is 0.171. The molecule has 1 atom stereocenters. The van der Waals surface area contributed by atoms with Gasteiger partial charge in [-0.15, -0.1) is 0 Å². The zero-order valence-corrected chi connectivity index (χ0v) is 13.0. The predicted octanol–water partition coefficient (Wildman–Crippen LogP) is 4.11. The molecule has 0 bridgehead atoms. The zero-order valence-electron chi connectivity index (χ0n) is 11.4. The van der Waals surface area contributed by atoms with E-state index in [2.05, 4.69) is 20.8 Å². The number of nitrogens with zero attached hydrogens (tertiary/aromatic N) is 1. The number of hydrogen-bond acceptors (Lipinski definition) is 2. The first-order chi connectivity index (χ1) is 9.67. The maximum absolute atomic E-state index is 14.2. The Labute approximate surface area is 127 Å². The minimum Gasteiger partial charge on any atom is -0.363 e. The van der Waals surface area contributed by atoms with Gasteiger partial charge in [0, 0.05) is 28.8 Å². The molecule has 0 saturated carbocycles. The third-order valence-electron chi connectivity index (χ3n) is 3.35. The second kappa shape index (κ2) is 6.86. The van der Waals surface area contributed by atoms with E-state index in [9.17, 15) is 4.39 Å². The molecule has 0 amide bonds. The summed E-state index contributed by atoms with van der Waals surface area (Å²) in [7, 11) is 0. The summed E-state index contributed by atoms with van der Waals surface area (Å²) in [4.78, 5) is 2.12. The van der Waals surface area contributed by atoms with Gasteiger partial charge in [-0.25, -0.2) is 4.39 Å². The lowest BCUT2D eigenvalue weighted by atomic mass is 10.0. The molecule has 20 heavy (non-hydrogen) atoms. The van der Waals surface area contributed by atoms with Crippen LogP contribution < -0.4 is 10.6 Å². The number of para-hydroxylation sites is 1. The average Bonchev–Trinajstić information content (AvgIpc) is 2.46. The highest BCUT2D eigenvalue weighted by Gasteiger charge is 2.21. The van der Waals surface area contributed by atoms with Crippen molar-refractivity contribution in [3.63, 3.8) is 0 Å². The highest BCUT2D eigenvalue weighted by atomic mass is 79.9. The predicted molar refractivity (Wildman–Crippen MR) is 85.4 cm³/mol. The number of benzene rings is 2. The van der Waals surface area contributed by atoms with E-state index in [4.69, 9.17) is 5.73 Å². The summed E-state index contributed by atoms with van der Waals surface area (Å²) < 4.78 is 14.9. The largest absolute Gasteiger partial charge is 0.363 e. The fourth-order valence-electron chi connectivity index (χ4n) is 2.40. The molecule has 2 rings (SSSR count). The molecule has 0 aliphatic carbocycles. The molecule has 0 radical (unpaired) electrons. The van der Waals surface area contributed by atoms with Gasteiger partial charge in [0.05, 0.1) is 6.04 Å². The SMILES string of the molecule is CCN(c1ccccc1)C(CN)c1ccc(Br)cc1F. The normalized spacial score (nSPS) is 12.2. The Morgan fingerprint density at radius 1 is 1.20 bits per heavy atom. The Morgan fingerprint density at radius 3 is 2.45 bits per heavy atom. The van der Waals surface area contributed by atoms with Crippen molar-refractivity contribution in [2.45, 2.75) is 13.0 Å². The van der Waals surface area contributed by atoms with Gasteiger partial charge in [0.25, 0.3) is 0 Å². The van der Waals surface area contributed by atoms with Crippen LogP contribution in [0.25, 0.3) is 0 Å². The first-order valence-electron chi connectivity index (χ1n) is 6.64. The van der Waals surface area contributed by atoms with Gasteiger partial charge in [0.1, 0.15) is 5.82 Å². The second-order valence-electron chi connectivity index (χ2n) is 4.54. The minimum atomic E-state index is -0.232. The molecular weight excluding hydrogens is 319 g/mol. The monoisotopic (exact) mass is 336 g/mol. The van der Waals surface area contributed by atoms with Crippen LogP contribution in [-0.4, -0.2) is 13.1 Å². The van der Waals surface area contributed by atoms with Crippen LogP contribution in [0, 0.1) is 5.82 Å². The number of halogens is 2. The molecule has 2 aromatic rings. The van der Waals surface area contributed by atoms with E-state index in [0.717, 1.165) is 16.7 Å². The molecule has 0 aliphatic heterocycles. The third kappa shape index (κ3) is 3.19. The summed E-state index contributed by atoms with van der Waals surface area (Å²) in [6.45, 7) is 3.18. The summed E-state index contributed by atoms with van der Waals surface area (Å²) in [5.74, 6) is -0.232. The van der Waals surface area contributed by atoms with Crippen molar-refractivity contribution < 1.29 is 4.39 Å². The van der Waals surface area contributed by atoms with Gasteiger partial charge < -0.3 is 10.6 Å². The van der Waals surface area contributed by atoms with Gasteiger partial charge in [-0.1, -0.05) is 40.2 Å². The van der Waals surface area contributed by atoms with Crippen LogP contribution in [0.4, 0.5) is 10.1 Å². The number of likely N-dealkylation sites (N-methyl/N-ethyl adjacent to an activating group) is 1. The van der Waals surface area contributed by atoms with E-state index in [1.54, 1.807) is 6.07 Å². The van der Waals surface area contributed by atoms with E-state index >= 15 is 0 Å². The van der Waals surface area contributed by atoms with Crippen LogP contribution >= 0.6 is 15.9 Å². The molecule has 4 heteroatoms. The number of nitrogens with two attached hydrogens (primary N) is 1. The van der Waals surface area contributed by atoms with Crippen LogP contribution in [0.2, 0.25) is 0 Å². The first-order valence-corrected chi connectivity index (χ1v) is 7.43. The van der Waals surface area contributed by atoms with Crippen molar-refractivity contribution in [1.82, 2.24) is 0 Å². The van der Waals surface area contributed by atoms with Gasteiger partial charge in [0.15, 0.2) is 0 Å². The summed E-state index contributed by atoms with van der Waals surface area (Å²) in [6, 6.07) is 14.9. The molecule has 106 valence electrons. The highest BCUT2D eigenvalue weighted by Crippen LogP contribution is 2.29. The van der Waals surface area contributed by atoms with E-state index in [-0.39, 0.29) is 11.9 Å². The van der Waals surface area contributed by atoms with Gasteiger partial charge in [0.2, 0.25) is 0 Å². The van der Waals surface area contributed by atoms with Gasteiger partial charge in [-0.3, -0.25) is 0 Å². The molecular formula is C16H18BrFN2. The Bertz CT molecular complexity index is 560. The highest BCUT2D eigenvalue weighted by molar-refractivity contribution is 9.10. The second-order valence-corrected chi connectivity index (χ2v) is 5.45. The Morgan fingerprint density at radius 2 is 1.90 bits per heavy atom. The molecule has 0 saturated heterocycles. The zero-order chi connectivity index (χ0) is 14.5. The van der Waals surface area contributed by atoms with E-state index in [1.165, 1.54) is 6.07 Å². The topological polar surface area (TPSA) is 29.3 Å². The Balaban J connectivity index is 2.39. The van der Waals surface area contributed by atoms with Crippen molar-refractivity contribution in [3.8, 4) is 0 Å². The van der Waals surface area contributed by atoms with Crippen molar-refractivity contribution in [2.24, 2.45) is 5.73 Å². The molecule has 0 heterocycles. The third-order valence-corrected chi connectivity index (χ3v) is 3.84. The Kier molecular flexibility index (Phi) is 5.15. The average molecular weight is 337 g/mol. The van der Waals surface area contributed by atoms with Gasteiger partial charge in [-0.2, -0.15) is 0 Å². The van der Waals surface area contributed by atoms with E-state index in [0.29, 0.717) is 12.1 Å². The van der Waals surface area contributed by atoms with E-state index < -0.39 is 0 Å². The summed E-state index contributed by atoms with van der Waals surface area (Å²) >= 11 is 3.28. The van der Waals surface area contributed by atoms with Crippen LogP contribution in [0.5, 0.6) is 0 Å². The molecule has 0 aliphatic rings. The number of hydrogen-bond donors (Lipinski definition) is 1. The summed E-state index contributed by atoms with van der Waals surface area (Å²) in [6.07, 6.45) is 0. The summed E-state index contributed by atoms with van der Waals surface area (Å²) in [5, 5.41) is 0. The fraction of sp³-hybridized carbons (Fsp3) is 0.250. The van der Waals surface area contributed by atoms with Crippen molar-refractivity contribution >= 4 is 21.6 Å². The molecule has 0 spiro atoms. The number of rotatable bonds is 5. The molecule has 1 unspecified atom stereocenters. The lowest BCUT2D eigenvalue weighted by molar-refractivity contribution is 0.561. The first kappa shape index (κ1) is 15.0. The maximum Gasteiger partial charge on any atom is 0.129 e. The van der Waals surface area contributed by atoms with Crippen LogP contribution in [0.15, 0.2) is 53.0 Å². The smallest absolute Gasteiger partial charge is 0.129 e. The quantitative estimate of drug-likeness (QED) is 0.889. The lowest BCUT2D eigenvalue weighted by Gasteiger charge is -2.32. The lowest BCUT2D eigenvalue weighted by Crippen LogP contribution is -2.34. The molecule has 0 fully saturated rings. The van der Waals surface area contributed by atoms with Crippen molar-refractivity contribution in [1.29, 1.82) is 0 Å². The van der Waals surface area contributed by atoms with E-state index in [1.807, 2.05) is 43.3 Å². The van der Waals surface area contributed by atoms with Crippen LogP contribution in [0.3, 0.4) is 0 Å². The maximum atomic E-state index is 14.2. The fourth-order valence-corrected chi connectivity index (χ4v) is 2.73. The van der Waals surface area contributed by atoms with Crippen molar-refractivity contribution in [3.05, 3.63) is 64.4 Å². The molecule has 0 aromatic heterocycles. The standard InChI is InChI=1S/C16H18BrFN2/c1-2-20(13-6-4-3-5-7-13)16(11-19)14-9-8-12(17)10-15(14)18/h3-10,16H,2,11,19H2,1H3. The Hall–Kier alpha value is -1.39. The van der Waals surface area contributed by atoms with Gasteiger partial charge in [-0.05, 0) is 31.2 Å².